The number of ether oxygens (including phenoxy) is 4. The molecule has 10 nitrogen and oxygen atoms in total. The summed E-state index contributed by atoms with van der Waals surface area (Å²) in [4.78, 5) is 8.73. The third-order valence-corrected chi connectivity index (χ3v) is 3.55. The first-order valence-electron chi connectivity index (χ1n) is 7.17. The Labute approximate surface area is 144 Å². The van der Waals surface area contributed by atoms with Crippen LogP contribution in [0.5, 0.6) is 0 Å². The Morgan fingerprint density at radius 1 is 0.920 bits per heavy atom. The van der Waals surface area contributed by atoms with Crippen molar-refractivity contribution < 1.29 is 36.8 Å². The minimum Gasteiger partial charge on any atom is -0.496 e. The zero-order valence-corrected chi connectivity index (χ0v) is 14.1. The highest BCUT2D eigenvalue weighted by Gasteiger charge is 2.22. The SMILES string of the molecule is C1=COCCOCCOCCO1.O=[N+]([O-])c1ccccc1S(=O)(=O)O. The van der Waals surface area contributed by atoms with E-state index in [9.17, 15) is 18.5 Å². The molecule has 25 heavy (non-hydrogen) atoms. The van der Waals surface area contributed by atoms with Crippen LogP contribution in [0.2, 0.25) is 0 Å². The van der Waals surface area contributed by atoms with E-state index < -0.39 is 25.6 Å². The summed E-state index contributed by atoms with van der Waals surface area (Å²) in [7, 11) is -4.52. The van der Waals surface area contributed by atoms with Crippen LogP contribution in [0.15, 0.2) is 41.7 Å². The Morgan fingerprint density at radius 2 is 1.40 bits per heavy atom. The van der Waals surface area contributed by atoms with Gasteiger partial charge in [-0.2, -0.15) is 8.42 Å². The van der Waals surface area contributed by atoms with Crippen LogP contribution in [0.1, 0.15) is 0 Å². The molecule has 0 radical (unpaired) electrons. The quantitative estimate of drug-likeness (QED) is 0.460. The van der Waals surface area contributed by atoms with Gasteiger partial charge in [-0.3, -0.25) is 14.7 Å². The van der Waals surface area contributed by atoms with E-state index in [1.807, 2.05) is 0 Å². The van der Waals surface area contributed by atoms with Crippen molar-refractivity contribution in [2.75, 3.05) is 39.6 Å². The average molecular weight is 377 g/mol. The molecule has 140 valence electrons. The van der Waals surface area contributed by atoms with Gasteiger partial charge in [-0.25, -0.2) is 0 Å². The second kappa shape index (κ2) is 11.4. The fraction of sp³-hybridized carbons (Fsp3) is 0.429. The number of benzene rings is 1. The second-order valence-corrected chi connectivity index (χ2v) is 5.83. The first kappa shape index (κ1) is 20.8. The molecule has 1 heterocycles. The van der Waals surface area contributed by atoms with Gasteiger partial charge in [0, 0.05) is 6.07 Å². The summed E-state index contributed by atoms with van der Waals surface area (Å²) >= 11 is 0. The number of rotatable bonds is 2. The summed E-state index contributed by atoms with van der Waals surface area (Å²) in [6, 6.07) is 4.57. The van der Waals surface area contributed by atoms with Crippen molar-refractivity contribution in [2.45, 2.75) is 4.90 Å². The van der Waals surface area contributed by atoms with E-state index in [1.54, 1.807) is 0 Å². The van der Waals surface area contributed by atoms with Gasteiger partial charge in [0.1, 0.15) is 25.7 Å². The van der Waals surface area contributed by atoms with Gasteiger partial charge in [0.2, 0.25) is 0 Å². The molecule has 2 rings (SSSR count). The molecule has 0 fully saturated rings. The van der Waals surface area contributed by atoms with Gasteiger partial charge in [0.25, 0.3) is 5.69 Å². The molecule has 0 unspecified atom stereocenters. The Bertz CT molecular complexity index is 646. The highest BCUT2D eigenvalue weighted by atomic mass is 32.2. The Hall–Kier alpha value is -2.21. The number of para-hydroxylation sites is 1. The van der Waals surface area contributed by atoms with E-state index in [0.717, 1.165) is 12.1 Å². The van der Waals surface area contributed by atoms with E-state index in [4.69, 9.17) is 23.5 Å². The van der Waals surface area contributed by atoms with Crippen LogP contribution >= 0.6 is 0 Å². The second-order valence-electron chi connectivity index (χ2n) is 4.44. The molecule has 0 saturated carbocycles. The molecule has 0 spiro atoms. The molecule has 0 saturated heterocycles. The summed E-state index contributed by atoms with van der Waals surface area (Å²) in [6.07, 6.45) is 3.04. The molecule has 1 aromatic rings. The van der Waals surface area contributed by atoms with Crippen LogP contribution in [-0.4, -0.2) is 57.5 Å². The molecular formula is C14H19NO9S. The van der Waals surface area contributed by atoms with Crippen molar-refractivity contribution in [1.29, 1.82) is 0 Å². The van der Waals surface area contributed by atoms with Crippen molar-refractivity contribution in [2.24, 2.45) is 0 Å². The van der Waals surface area contributed by atoms with Crippen molar-refractivity contribution in [3.05, 3.63) is 46.9 Å². The molecule has 11 heteroatoms. The van der Waals surface area contributed by atoms with Crippen LogP contribution in [0.4, 0.5) is 5.69 Å². The summed E-state index contributed by atoms with van der Waals surface area (Å²) in [5.74, 6) is 0. The molecule has 0 aromatic heterocycles. The first-order valence-corrected chi connectivity index (χ1v) is 8.61. The van der Waals surface area contributed by atoms with Gasteiger partial charge in [-0.1, -0.05) is 12.1 Å². The third kappa shape index (κ3) is 9.00. The van der Waals surface area contributed by atoms with Gasteiger partial charge in [0.05, 0.1) is 31.4 Å². The fourth-order valence-electron chi connectivity index (χ4n) is 1.58. The van der Waals surface area contributed by atoms with E-state index in [2.05, 4.69) is 0 Å². The predicted octanol–water partition coefficient (Wildman–Crippen LogP) is 1.38. The molecular weight excluding hydrogens is 358 g/mol. The summed E-state index contributed by atoms with van der Waals surface area (Å²) < 4.78 is 50.2. The summed E-state index contributed by atoms with van der Waals surface area (Å²) in [6.45, 7) is 3.53. The summed E-state index contributed by atoms with van der Waals surface area (Å²) in [5.41, 5.74) is -0.634. The monoisotopic (exact) mass is 377 g/mol. The third-order valence-electron chi connectivity index (χ3n) is 2.65. The van der Waals surface area contributed by atoms with Gasteiger partial charge in [0.15, 0.2) is 4.90 Å². The van der Waals surface area contributed by atoms with Crippen LogP contribution < -0.4 is 0 Å². The van der Waals surface area contributed by atoms with Crippen LogP contribution in [0.3, 0.4) is 0 Å². The molecule has 1 N–H and O–H groups in total. The zero-order valence-electron chi connectivity index (χ0n) is 13.3. The number of hydrogen-bond acceptors (Lipinski definition) is 8. The fourth-order valence-corrected chi connectivity index (χ4v) is 2.23. The first-order chi connectivity index (χ1) is 11.9. The molecule has 0 amide bonds. The van der Waals surface area contributed by atoms with E-state index in [-0.39, 0.29) is 0 Å². The van der Waals surface area contributed by atoms with Gasteiger partial charge in [-0.15, -0.1) is 0 Å². The van der Waals surface area contributed by atoms with E-state index in [0.29, 0.717) is 39.6 Å². The van der Waals surface area contributed by atoms with Crippen LogP contribution in [0.25, 0.3) is 0 Å². The van der Waals surface area contributed by atoms with Crippen LogP contribution in [0, 0.1) is 10.1 Å². The highest BCUT2D eigenvalue weighted by molar-refractivity contribution is 7.86. The lowest BCUT2D eigenvalue weighted by molar-refractivity contribution is -0.387. The Balaban J connectivity index is 0.000000251. The smallest absolute Gasteiger partial charge is 0.301 e. The Morgan fingerprint density at radius 3 is 1.84 bits per heavy atom. The van der Waals surface area contributed by atoms with E-state index >= 15 is 0 Å². The van der Waals surface area contributed by atoms with Gasteiger partial charge >= 0.3 is 10.1 Å². The lowest BCUT2D eigenvalue weighted by Crippen LogP contribution is -2.11. The maximum atomic E-state index is 10.6. The van der Waals surface area contributed by atoms with Crippen molar-refractivity contribution in [1.82, 2.24) is 0 Å². The molecule has 1 aromatic carbocycles. The highest BCUT2D eigenvalue weighted by Crippen LogP contribution is 2.21. The summed E-state index contributed by atoms with van der Waals surface area (Å²) in [5, 5.41) is 10.3. The van der Waals surface area contributed by atoms with Crippen LogP contribution in [-0.2, 0) is 29.1 Å². The topological polar surface area (TPSA) is 134 Å². The normalized spacial score (nSPS) is 16.0. The Kier molecular flexibility index (Phi) is 9.47. The van der Waals surface area contributed by atoms with Crippen molar-refractivity contribution >= 4 is 15.8 Å². The lowest BCUT2D eigenvalue weighted by atomic mass is 10.3. The molecule has 0 bridgehead atoms. The van der Waals surface area contributed by atoms with Gasteiger partial charge < -0.3 is 18.9 Å². The zero-order chi connectivity index (χ0) is 18.5. The standard InChI is InChI=1S/C8H14O4.C6H5NO5S/c1-2-10-5-6-12-8-7-11-4-3-9-1;8-7(9)5-3-1-2-4-6(5)13(10,11)12/h1-2H,3-8H2;1-4H,(H,10,11,12). The van der Waals surface area contributed by atoms with Gasteiger partial charge in [-0.05, 0) is 6.07 Å². The van der Waals surface area contributed by atoms with Crippen molar-refractivity contribution in [3.63, 3.8) is 0 Å². The minimum atomic E-state index is -4.52. The lowest BCUT2D eigenvalue weighted by Gasteiger charge is -2.07. The molecule has 0 aliphatic carbocycles. The number of nitrogens with zero attached hydrogens (tertiary/aromatic N) is 1. The number of nitro benzene ring substituents is 1. The number of nitro groups is 1. The number of hydrogen-bond donors (Lipinski definition) is 1. The maximum absolute atomic E-state index is 10.6. The molecule has 1 aliphatic heterocycles. The average Bonchev–Trinajstić information content (AvgIpc) is 2.55. The molecule has 0 atom stereocenters. The largest absolute Gasteiger partial charge is 0.496 e. The molecule has 1 aliphatic rings. The predicted molar refractivity (Wildman–Crippen MR) is 85.6 cm³/mol. The minimum absolute atomic E-state index is 0.555. The van der Waals surface area contributed by atoms with E-state index in [1.165, 1.54) is 24.7 Å². The maximum Gasteiger partial charge on any atom is 0.301 e. The van der Waals surface area contributed by atoms with Crippen molar-refractivity contribution in [3.8, 4) is 0 Å².